The fourth-order valence-corrected chi connectivity index (χ4v) is 1.98. The molecule has 0 unspecified atom stereocenters. The summed E-state index contributed by atoms with van der Waals surface area (Å²) in [6.45, 7) is 2.36. The van der Waals surface area contributed by atoms with Gasteiger partial charge in [-0.05, 0) is 12.8 Å². The molecule has 0 spiro atoms. The van der Waals surface area contributed by atoms with Crippen molar-refractivity contribution in [2.75, 3.05) is 6.61 Å². The Hall–Kier alpha value is -0.0800. The van der Waals surface area contributed by atoms with Gasteiger partial charge in [-0.25, -0.2) is 0 Å². The fraction of sp³-hybridized carbons (Fsp3) is 1.00. The molecule has 0 aliphatic carbocycles. The second-order valence-electron chi connectivity index (χ2n) is 4.78. The maximum atomic E-state index is 9.39. The molecule has 16 heavy (non-hydrogen) atoms. The molecule has 0 aliphatic rings. The van der Waals surface area contributed by atoms with E-state index in [-0.39, 0.29) is 12.7 Å². The number of aliphatic hydroxyl groups excluding tert-OH is 2. The molecule has 1 atom stereocenters. The summed E-state index contributed by atoms with van der Waals surface area (Å²) in [7, 11) is 0. The van der Waals surface area contributed by atoms with E-state index in [2.05, 4.69) is 6.92 Å². The summed E-state index contributed by atoms with van der Waals surface area (Å²) < 4.78 is 0. The highest BCUT2D eigenvalue weighted by Gasteiger charge is 2.01. The van der Waals surface area contributed by atoms with Gasteiger partial charge in [-0.2, -0.15) is 0 Å². The molecular formula is C14H30O2. The van der Waals surface area contributed by atoms with E-state index < -0.39 is 0 Å². The Balaban J connectivity index is 2.98. The van der Waals surface area contributed by atoms with Gasteiger partial charge in [0.15, 0.2) is 0 Å². The molecule has 0 fully saturated rings. The van der Waals surface area contributed by atoms with Gasteiger partial charge in [-0.3, -0.25) is 0 Å². The van der Waals surface area contributed by atoms with Gasteiger partial charge in [0.1, 0.15) is 0 Å². The fourth-order valence-electron chi connectivity index (χ4n) is 1.98. The maximum Gasteiger partial charge on any atom is 0.0562 e. The zero-order valence-electron chi connectivity index (χ0n) is 11.0. The van der Waals surface area contributed by atoms with E-state index in [1.54, 1.807) is 0 Å². The quantitative estimate of drug-likeness (QED) is 0.502. The van der Waals surface area contributed by atoms with E-state index >= 15 is 0 Å². The lowest BCUT2D eigenvalue weighted by Crippen LogP contribution is -2.08. The van der Waals surface area contributed by atoms with E-state index in [1.807, 2.05) is 0 Å². The summed E-state index contributed by atoms with van der Waals surface area (Å²) in [6, 6.07) is 0. The van der Waals surface area contributed by atoms with E-state index in [9.17, 15) is 5.11 Å². The van der Waals surface area contributed by atoms with Gasteiger partial charge in [0, 0.05) is 6.61 Å². The van der Waals surface area contributed by atoms with Crippen molar-refractivity contribution >= 4 is 0 Å². The molecule has 2 heteroatoms. The Morgan fingerprint density at radius 2 is 1.25 bits per heavy atom. The van der Waals surface area contributed by atoms with Gasteiger partial charge < -0.3 is 10.2 Å². The molecular weight excluding hydrogens is 200 g/mol. The summed E-state index contributed by atoms with van der Waals surface area (Å²) in [4.78, 5) is 0. The third-order valence-electron chi connectivity index (χ3n) is 3.10. The van der Waals surface area contributed by atoms with Crippen LogP contribution in [0.5, 0.6) is 0 Å². The van der Waals surface area contributed by atoms with Gasteiger partial charge in [-0.1, -0.05) is 64.7 Å². The molecule has 0 aromatic carbocycles. The average Bonchev–Trinajstić information content (AvgIpc) is 2.27. The van der Waals surface area contributed by atoms with Gasteiger partial charge in [0.05, 0.1) is 6.10 Å². The van der Waals surface area contributed by atoms with Crippen molar-refractivity contribution in [2.24, 2.45) is 0 Å². The predicted octanol–water partition coefficient (Wildman–Crippen LogP) is 3.65. The van der Waals surface area contributed by atoms with Crippen LogP contribution >= 0.6 is 0 Å². The summed E-state index contributed by atoms with van der Waals surface area (Å²) >= 11 is 0. The molecule has 0 heterocycles. The van der Waals surface area contributed by atoms with Gasteiger partial charge in [0.25, 0.3) is 0 Å². The molecule has 0 saturated carbocycles. The molecule has 0 aromatic heterocycles. The number of rotatable bonds is 12. The van der Waals surface area contributed by atoms with Crippen molar-refractivity contribution in [3.8, 4) is 0 Å². The molecule has 2 N–H and O–H groups in total. The normalized spacial score (nSPS) is 12.9. The third-order valence-corrected chi connectivity index (χ3v) is 3.10. The summed E-state index contributed by atoms with van der Waals surface area (Å²) in [6.07, 6.45) is 13.0. The van der Waals surface area contributed by atoms with Crippen LogP contribution in [0, 0.1) is 0 Å². The number of unbranched alkanes of at least 4 members (excludes halogenated alkanes) is 8. The Bertz CT molecular complexity index is 126. The van der Waals surface area contributed by atoms with Crippen LogP contribution in [0.25, 0.3) is 0 Å². The SMILES string of the molecule is CCCCCCCCCCC[C@@H](O)CCO. The van der Waals surface area contributed by atoms with E-state index in [0.717, 1.165) is 12.8 Å². The standard InChI is InChI=1S/C14H30O2/c1-2-3-4-5-6-7-8-9-10-11-14(16)12-13-15/h14-16H,2-13H2,1H3/t14-/m1/s1. The minimum Gasteiger partial charge on any atom is -0.396 e. The van der Waals surface area contributed by atoms with Crippen molar-refractivity contribution in [2.45, 2.75) is 83.7 Å². The van der Waals surface area contributed by atoms with E-state index in [0.29, 0.717) is 6.42 Å². The van der Waals surface area contributed by atoms with Crippen LogP contribution in [0.15, 0.2) is 0 Å². The Morgan fingerprint density at radius 1 is 0.750 bits per heavy atom. The smallest absolute Gasteiger partial charge is 0.0562 e. The minimum atomic E-state index is -0.283. The summed E-state index contributed by atoms with van der Waals surface area (Å²) in [5.41, 5.74) is 0. The Morgan fingerprint density at radius 3 is 1.75 bits per heavy atom. The molecule has 2 nitrogen and oxygen atoms in total. The molecule has 0 aromatic rings. The van der Waals surface area contributed by atoms with E-state index in [1.165, 1.54) is 51.4 Å². The van der Waals surface area contributed by atoms with Crippen molar-refractivity contribution < 1.29 is 10.2 Å². The zero-order valence-corrected chi connectivity index (χ0v) is 11.0. The Labute approximate surface area is 101 Å². The second-order valence-corrected chi connectivity index (χ2v) is 4.78. The van der Waals surface area contributed by atoms with Crippen LogP contribution < -0.4 is 0 Å². The highest BCUT2D eigenvalue weighted by Crippen LogP contribution is 2.11. The zero-order chi connectivity index (χ0) is 12.1. The van der Waals surface area contributed by atoms with Crippen LogP contribution in [0.1, 0.15) is 77.6 Å². The van der Waals surface area contributed by atoms with E-state index in [4.69, 9.17) is 5.11 Å². The lowest BCUT2D eigenvalue weighted by Gasteiger charge is -2.07. The first-order valence-corrected chi connectivity index (χ1v) is 7.10. The predicted molar refractivity (Wildman–Crippen MR) is 69.6 cm³/mol. The first-order valence-electron chi connectivity index (χ1n) is 7.10. The van der Waals surface area contributed by atoms with Crippen molar-refractivity contribution in [1.29, 1.82) is 0 Å². The topological polar surface area (TPSA) is 40.5 Å². The van der Waals surface area contributed by atoms with Crippen LogP contribution in [0.4, 0.5) is 0 Å². The highest BCUT2D eigenvalue weighted by molar-refractivity contribution is 4.55. The molecule has 0 saturated heterocycles. The van der Waals surface area contributed by atoms with Crippen molar-refractivity contribution in [1.82, 2.24) is 0 Å². The molecule has 0 radical (unpaired) electrons. The maximum absolute atomic E-state index is 9.39. The van der Waals surface area contributed by atoms with Crippen LogP contribution in [0.3, 0.4) is 0 Å². The molecule has 0 aliphatic heterocycles. The van der Waals surface area contributed by atoms with Crippen molar-refractivity contribution in [3.05, 3.63) is 0 Å². The van der Waals surface area contributed by atoms with Crippen LogP contribution in [-0.2, 0) is 0 Å². The highest BCUT2D eigenvalue weighted by atomic mass is 16.3. The average molecular weight is 230 g/mol. The van der Waals surface area contributed by atoms with Crippen LogP contribution in [-0.4, -0.2) is 22.9 Å². The van der Waals surface area contributed by atoms with Crippen molar-refractivity contribution in [3.63, 3.8) is 0 Å². The van der Waals surface area contributed by atoms with Gasteiger partial charge in [0.2, 0.25) is 0 Å². The number of hydrogen-bond acceptors (Lipinski definition) is 2. The summed E-state index contributed by atoms with van der Waals surface area (Å²) in [5.74, 6) is 0. The second kappa shape index (κ2) is 13.0. The molecule has 98 valence electrons. The molecule has 0 rings (SSSR count). The molecule has 0 bridgehead atoms. The molecule has 0 amide bonds. The number of aliphatic hydroxyl groups is 2. The monoisotopic (exact) mass is 230 g/mol. The number of hydrogen-bond donors (Lipinski definition) is 2. The largest absolute Gasteiger partial charge is 0.396 e. The first-order chi connectivity index (χ1) is 7.81. The summed E-state index contributed by atoms with van der Waals surface area (Å²) in [5, 5.41) is 18.0. The third kappa shape index (κ3) is 12.0. The van der Waals surface area contributed by atoms with Crippen LogP contribution in [0.2, 0.25) is 0 Å². The van der Waals surface area contributed by atoms with Gasteiger partial charge >= 0.3 is 0 Å². The Kier molecular flexibility index (Phi) is 12.9. The lowest BCUT2D eigenvalue weighted by atomic mass is 10.0. The lowest BCUT2D eigenvalue weighted by molar-refractivity contribution is 0.122. The minimum absolute atomic E-state index is 0.110. The first kappa shape index (κ1) is 15.9. The van der Waals surface area contributed by atoms with Gasteiger partial charge in [-0.15, -0.1) is 0 Å².